The van der Waals surface area contributed by atoms with Gasteiger partial charge in [0.1, 0.15) is 11.5 Å². The highest BCUT2D eigenvalue weighted by molar-refractivity contribution is 5.91. The molecule has 0 spiro atoms. The molecule has 0 aliphatic heterocycles. The number of pyridine rings is 1. The molecule has 0 atom stereocenters. The predicted molar refractivity (Wildman–Crippen MR) is 76.3 cm³/mol. The molecule has 20 heavy (non-hydrogen) atoms. The van der Waals surface area contributed by atoms with E-state index in [-0.39, 0.29) is 5.91 Å². The SMILES string of the molecule is CCNc1cnc(C(=O)NCc2ncccc2C)cn1. The Morgan fingerprint density at radius 2 is 2.10 bits per heavy atom. The zero-order chi connectivity index (χ0) is 14.4. The Bertz CT molecular complexity index is 582. The number of aryl methyl sites for hydroxylation is 1. The second kappa shape index (κ2) is 6.60. The van der Waals surface area contributed by atoms with Crippen LogP contribution in [0.4, 0.5) is 5.82 Å². The second-order valence-corrected chi connectivity index (χ2v) is 4.27. The van der Waals surface area contributed by atoms with Crippen molar-refractivity contribution in [3.63, 3.8) is 0 Å². The third-order valence-corrected chi connectivity index (χ3v) is 2.78. The van der Waals surface area contributed by atoms with Crippen molar-refractivity contribution in [2.24, 2.45) is 0 Å². The third kappa shape index (κ3) is 3.50. The van der Waals surface area contributed by atoms with Gasteiger partial charge in [0.05, 0.1) is 24.6 Å². The quantitative estimate of drug-likeness (QED) is 0.862. The Hall–Kier alpha value is -2.50. The van der Waals surface area contributed by atoms with Crippen LogP contribution in [0.2, 0.25) is 0 Å². The van der Waals surface area contributed by atoms with Gasteiger partial charge in [-0.25, -0.2) is 9.97 Å². The zero-order valence-electron chi connectivity index (χ0n) is 11.6. The van der Waals surface area contributed by atoms with Crippen molar-refractivity contribution in [1.82, 2.24) is 20.3 Å². The molecule has 0 aliphatic carbocycles. The molecule has 2 aromatic heterocycles. The Labute approximate surface area is 117 Å². The average molecular weight is 271 g/mol. The van der Waals surface area contributed by atoms with Gasteiger partial charge in [0.15, 0.2) is 0 Å². The summed E-state index contributed by atoms with van der Waals surface area (Å²) < 4.78 is 0. The molecule has 0 fully saturated rings. The number of rotatable bonds is 5. The first-order chi connectivity index (χ1) is 9.70. The van der Waals surface area contributed by atoms with Crippen LogP contribution < -0.4 is 10.6 Å². The molecule has 0 saturated carbocycles. The number of hydrogen-bond acceptors (Lipinski definition) is 5. The maximum absolute atomic E-state index is 11.9. The molecule has 0 bridgehead atoms. The molecule has 2 rings (SSSR count). The summed E-state index contributed by atoms with van der Waals surface area (Å²) in [6.45, 7) is 5.07. The monoisotopic (exact) mass is 271 g/mol. The first-order valence-corrected chi connectivity index (χ1v) is 6.45. The molecule has 0 unspecified atom stereocenters. The largest absolute Gasteiger partial charge is 0.369 e. The highest BCUT2D eigenvalue weighted by atomic mass is 16.1. The second-order valence-electron chi connectivity index (χ2n) is 4.27. The lowest BCUT2D eigenvalue weighted by molar-refractivity contribution is 0.0945. The normalized spacial score (nSPS) is 10.1. The maximum atomic E-state index is 11.9. The molecule has 2 aromatic rings. The molecular weight excluding hydrogens is 254 g/mol. The molecule has 6 heteroatoms. The van der Waals surface area contributed by atoms with Crippen molar-refractivity contribution >= 4 is 11.7 Å². The lowest BCUT2D eigenvalue weighted by Gasteiger charge is -2.07. The van der Waals surface area contributed by atoms with Crippen LogP contribution >= 0.6 is 0 Å². The molecule has 2 heterocycles. The van der Waals surface area contributed by atoms with Gasteiger partial charge in [-0.2, -0.15) is 0 Å². The van der Waals surface area contributed by atoms with Crippen LogP contribution in [0.3, 0.4) is 0 Å². The minimum atomic E-state index is -0.259. The first kappa shape index (κ1) is 13.9. The van der Waals surface area contributed by atoms with Gasteiger partial charge in [0.25, 0.3) is 5.91 Å². The van der Waals surface area contributed by atoms with Crippen molar-refractivity contribution in [2.45, 2.75) is 20.4 Å². The van der Waals surface area contributed by atoms with E-state index in [1.54, 1.807) is 12.4 Å². The van der Waals surface area contributed by atoms with E-state index in [0.717, 1.165) is 17.8 Å². The fourth-order valence-corrected chi connectivity index (χ4v) is 1.68. The van der Waals surface area contributed by atoms with Crippen molar-refractivity contribution < 1.29 is 4.79 Å². The minimum absolute atomic E-state index is 0.259. The Morgan fingerprint density at radius 3 is 2.75 bits per heavy atom. The van der Waals surface area contributed by atoms with Crippen LogP contribution in [0.1, 0.15) is 28.7 Å². The van der Waals surface area contributed by atoms with E-state index in [1.807, 2.05) is 26.0 Å². The number of hydrogen-bond donors (Lipinski definition) is 2. The first-order valence-electron chi connectivity index (χ1n) is 6.45. The number of aromatic nitrogens is 3. The van der Waals surface area contributed by atoms with E-state index in [1.165, 1.54) is 6.20 Å². The summed E-state index contributed by atoms with van der Waals surface area (Å²) in [4.78, 5) is 24.3. The topological polar surface area (TPSA) is 79.8 Å². The highest BCUT2D eigenvalue weighted by Gasteiger charge is 2.08. The number of anilines is 1. The summed E-state index contributed by atoms with van der Waals surface area (Å²) >= 11 is 0. The van der Waals surface area contributed by atoms with Gasteiger partial charge in [0.2, 0.25) is 0 Å². The molecule has 6 nitrogen and oxygen atoms in total. The van der Waals surface area contributed by atoms with E-state index < -0.39 is 0 Å². The Balaban J connectivity index is 1.96. The summed E-state index contributed by atoms with van der Waals surface area (Å²) in [5.74, 6) is 0.398. The zero-order valence-corrected chi connectivity index (χ0v) is 11.6. The van der Waals surface area contributed by atoms with E-state index in [9.17, 15) is 4.79 Å². The molecular formula is C14H17N5O. The van der Waals surface area contributed by atoms with E-state index in [4.69, 9.17) is 0 Å². The summed E-state index contributed by atoms with van der Waals surface area (Å²) in [7, 11) is 0. The summed E-state index contributed by atoms with van der Waals surface area (Å²) in [6, 6.07) is 3.82. The fourth-order valence-electron chi connectivity index (χ4n) is 1.68. The van der Waals surface area contributed by atoms with E-state index in [0.29, 0.717) is 18.1 Å². The fraction of sp³-hybridized carbons (Fsp3) is 0.286. The smallest absolute Gasteiger partial charge is 0.271 e. The molecule has 0 radical (unpaired) electrons. The third-order valence-electron chi connectivity index (χ3n) is 2.78. The molecule has 1 amide bonds. The van der Waals surface area contributed by atoms with Crippen LogP contribution in [0.5, 0.6) is 0 Å². The van der Waals surface area contributed by atoms with Gasteiger partial charge >= 0.3 is 0 Å². The van der Waals surface area contributed by atoms with Gasteiger partial charge in [0, 0.05) is 12.7 Å². The molecule has 0 aliphatic rings. The summed E-state index contributed by atoms with van der Waals surface area (Å²) in [5, 5.41) is 5.81. The number of carbonyl (C=O) groups excluding carboxylic acids is 1. The lowest BCUT2D eigenvalue weighted by Crippen LogP contribution is -2.25. The van der Waals surface area contributed by atoms with Crippen molar-refractivity contribution in [2.75, 3.05) is 11.9 Å². The van der Waals surface area contributed by atoms with Crippen molar-refractivity contribution in [3.05, 3.63) is 47.7 Å². The van der Waals surface area contributed by atoms with Gasteiger partial charge in [-0.15, -0.1) is 0 Å². The Kier molecular flexibility index (Phi) is 4.60. The van der Waals surface area contributed by atoms with Gasteiger partial charge in [-0.05, 0) is 25.5 Å². The number of nitrogens with zero attached hydrogens (tertiary/aromatic N) is 3. The molecule has 104 valence electrons. The predicted octanol–water partition coefficient (Wildman–Crippen LogP) is 1.54. The van der Waals surface area contributed by atoms with Gasteiger partial charge < -0.3 is 10.6 Å². The molecule has 2 N–H and O–H groups in total. The average Bonchev–Trinajstić information content (AvgIpc) is 2.47. The Morgan fingerprint density at radius 1 is 1.25 bits per heavy atom. The number of amides is 1. The highest BCUT2D eigenvalue weighted by Crippen LogP contribution is 2.04. The van der Waals surface area contributed by atoms with Gasteiger partial charge in [-0.1, -0.05) is 6.07 Å². The van der Waals surface area contributed by atoms with Crippen LogP contribution in [0, 0.1) is 6.92 Å². The number of nitrogens with one attached hydrogen (secondary N) is 2. The van der Waals surface area contributed by atoms with Crippen LogP contribution in [0.25, 0.3) is 0 Å². The minimum Gasteiger partial charge on any atom is -0.369 e. The van der Waals surface area contributed by atoms with Crippen LogP contribution in [-0.4, -0.2) is 27.4 Å². The van der Waals surface area contributed by atoms with E-state index in [2.05, 4.69) is 25.6 Å². The maximum Gasteiger partial charge on any atom is 0.271 e. The van der Waals surface area contributed by atoms with Crippen LogP contribution in [-0.2, 0) is 6.54 Å². The van der Waals surface area contributed by atoms with Crippen molar-refractivity contribution in [3.8, 4) is 0 Å². The van der Waals surface area contributed by atoms with E-state index >= 15 is 0 Å². The summed E-state index contributed by atoms with van der Waals surface area (Å²) in [6.07, 6.45) is 4.71. The summed E-state index contributed by atoms with van der Waals surface area (Å²) in [5.41, 5.74) is 2.18. The van der Waals surface area contributed by atoms with Gasteiger partial charge in [-0.3, -0.25) is 9.78 Å². The lowest BCUT2D eigenvalue weighted by atomic mass is 10.2. The standard InChI is InChI=1S/C14H17N5O/c1-3-15-13-9-17-12(8-18-13)14(20)19-7-11-10(2)5-4-6-16-11/h4-6,8-9H,3,7H2,1-2H3,(H,15,18)(H,19,20). The molecule has 0 aromatic carbocycles. The number of carbonyl (C=O) groups is 1. The van der Waals surface area contributed by atoms with Crippen LogP contribution in [0.15, 0.2) is 30.7 Å². The van der Waals surface area contributed by atoms with Crippen molar-refractivity contribution in [1.29, 1.82) is 0 Å². The molecule has 0 saturated heterocycles.